The Morgan fingerprint density at radius 1 is 1.42 bits per heavy atom. The number of H-pyrrole nitrogens is 1. The van der Waals surface area contributed by atoms with Crippen molar-refractivity contribution >= 4 is 0 Å². The van der Waals surface area contributed by atoms with Crippen molar-refractivity contribution in [2.45, 2.75) is 6.54 Å². The number of fused-ring (bicyclic) bond motifs is 1. The van der Waals surface area contributed by atoms with E-state index in [9.17, 15) is 4.79 Å². The van der Waals surface area contributed by atoms with Crippen molar-refractivity contribution in [1.29, 1.82) is 0 Å². The molecule has 64 valence electrons. The molecule has 2 heterocycles. The summed E-state index contributed by atoms with van der Waals surface area (Å²) >= 11 is 0. The van der Waals surface area contributed by atoms with E-state index in [0.717, 1.165) is 18.7 Å². The van der Waals surface area contributed by atoms with Gasteiger partial charge in [-0.05, 0) is 6.07 Å². The van der Waals surface area contributed by atoms with Crippen LogP contribution in [0.5, 0.6) is 5.88 Å². The van der Waals surface area contributed by atoms with Gasteiger partial charge in [-0.2, -0.15) is 0 Å². The van der Waals surface area contributed by atoms with Crippen molar-refractivity contribution in [2.24, 2.45) is 0 Å². The summed E-state index contributed by atoms with van der Waals surface area (Å²) in [7, 11) is 0. The first-order valence-electron chi connectivity index (χ1n) is 3.92. The fourth-order valence-corrected chi connectivity index (χ4v) is 1.20. The summed E-state index contributed by atoms with van der Waals surface area (Å²) in [5, 5.41) is 3.18. The van der Waals surface area contributed by atoms with Gasteiger partial charge in [-0.25, -0.2) is 0 Å². The third-order valence-electron chi connectivity index (χ3n) is 1.80. The second-order valence-corrected chi connectivity index (χ2v) is 2.70. The van der Waals surface area contributed by atoms with Crippen molar-refractivity contribution in [2.75, 3.05) is 13.2 Å². The quantitative estimate of drug-likeness (QED) is 0.564. The molecular formula is C8H10N2O2. The summed E-state index contributed by atoms with van der Waals surface area (Å²) in [5.74, 6) is 0.604. The SMILES string of the molecule is O=c1ccc2c([nH]1)OCCNC2. The summed E-state index contributed by atoms with van der Waals surface area (Å²) in [6, 6.07) is 3.29. The Labute approximate surface area is 69.6 Å². The van der Waals surface area contributed by atoms with Crippen molar-refractivity contribution in [1.82, 2.24) is 10.3 Å². The molecular weight excluding hydrogens is 156 g/mol. The molecule has 1 aliphatic rings. The molecule has 1 aliphatic heterocycles. The number of rotatable bonds is 0. The number of hydrogen-bond donors (Lipinski definition) is 2. The fourth-order valence-electron chi connectivity index (χ4n) is 1.20. The normalized spacial score (nSPS) is 16.0. The van der Waals surface area contributed by atoms with Gasteiger partial charge in [0.05, 0.1) is 0 Å². The van der Waals surface area contributed by atoms with E-state index in [4.69, 9.17) is 4.74 Å². The Balaban J connectivity index is 2.43. The van der Waals surface area contributed by atoms with E-state index in [1.165, 1.54) is 6.07 Å². The van der Waals surface area contributed by atoms with E-state index < -0.39 is 0 Å². The van der Waals surface area contributed by atoms with Crippen LogP contribution in [0.3, 0.4) is 0 Å². The van der Waals surface area contributed by atoms with E-state index in [-0.39, 0.29) is 5.56 Å². The molecule has 4 nitrogen and oxygen atoms in total. The first-order valence-corrected chi connectivity index (χ1v) is 3.92. The van der Waals surface area contributed by atoms with Gasteiger partial charge in [0.2, 0.25) is 0 Å². The zero-order chi connectivity index (χ0) is 8.39. The minimum atomic E-state index is -0.115. The molecule has 0 aromatic carbocycles. The predicted octanol–water partition coefficient (Wildman–Crippen LogP) is -0.143. The highest BCUT2D eigenvalue weighted by Crippen LogP contribution is 2.13. The van der Waals surface area contributed by atoms with Gasteiger partial charge in [-0.15, -0.1) is 0 Å². The molecule has 0 spiro atoms. The Kier molecular flexibility index (Phi) is 1.83. The maximum Gasteiger partial charge on any atom is 0.250 e. The van der Waals surface area contributed by atoms with Crippen molar-refractivity contribution in [3.05, 3.63) is 28.0 Å². The number of hydrogen-bond acceptors (Lipinski definition) is 3. The number of aromatic nitrogens is 1. The highest BCUT2D eigenvalue weighted by atomic mass is 16.5. The van der Waals surface area contributed by atoms with Crippen LogP contribution >= 0.6 is 0 Å². The van der Waals surface area contributed by atoms with Gasteiger partial charge in [0.1, 0.15) is 6.61 Å². The standard InChI is InChI=1S/C8H10N2O2/c11-7-2-1-6-5-9-3-4-12-8(6)10-7/h1-2,9H,3-5H2,(H,10,11). The van der Waals surface area contributed by atoms with Gasteiger partial charge in [0.25, 0.3) is 5.56 Å². The Morgan fingerprint density at radius 3 is 3.25 bits per heavy atom. The zero-order valence-corrected chi connectivity index (χ0v) is 6.59. The second-order valence-electron chi connectivity index (χ2n) is 2.70. The van der Waals surface area contributed by atoms with Crippen molar-refractivity contribution in [3.63, 3.8) is 0 Å². The molecule has 0 saturated carbocycles. The zero-order valence-electron chi connectivity index (χ0n) is 6.59. The maximum atomic E-state index is 10.9. The number of ether oxygens (including phenoxy) is 1. The number of aromatic amines is 1. The third kappa shape index (κ3) is 1.33. The monoisotopic (exact) mass is 166 g/mol. The Morgan fingerprint density at radius 2 is 2.33 bits per heavy atom. The summed E-state index contributed by atoms with van der Waals surface area (Å²) in [6.45, 7) is 2.18. The molecule has 12 heavy (non-hydrogen) atoms. The van der Waals surface area contributed by atoms with Crippen LogP contribution in [0.1, 0.15) is 5.56 Å². The molecule has 0 amide bonds. The van der Waals surface area contributed by atoms with Crippen LogP contribution in [0.2, 0.25) is 0 Å². The van der Waals surface area contributed by atoms with Gasteiger partial charge < -0.3 is 10.1 Å². The van der Waals surface area contributed by atoms with E-state index >= 15 is 0 Å². The minimum absolute atomic E-state index is 0.115. The highest BCUT2D eigenvalue weighted by molar-refractivity contribution is 5.25. The van der Waals surface area contributed by atoms with Crippen LogP contribution < -0.4 is 15.6 Å². The maximum absolute atomic E-state index is 10.9. The number of pyridine rings is 1. The van der Waals surface area contributed by atoms with E-state index in [1.807, 2.05) is 0 Å². The van der Waals surface area contributed by atoms with Gasteiger partial charge in [0, 0.05) is 24.7 Å². The van der Waals surface area contributed by atoms with Crippen LogP contribution in [0, 0.1) is 0 Å². The number of nitrogens with one attached hydrogen (secondary N) is 2. The molecule has 0 bridgehead atoms. The molecule has 2 rings (SSSR count). The summed E-state index contributed by atoms with van der Waals surface area (Å²) < 4.78 is 5.31. The first kappa shape index (κ1) is 7.36. The van der Waals surface area contributed by atoms with Crippen molar-refractivity contribution < 1.29 is 4.74 Å². The lowest BCUT2D eigenvalue weighted by atomic mass is 10.3. The average molecular weight is 166 g/mol. The lowest BCUT2D eigenvalue weighted by Crippen LogP contribution is -2.16. The van der Waals surface area contributed by atoms with Gasteiger partial charge in [0.15, 0.2) is 5.88 Å². The highest BCUT2D eigenvalue weighted by Gasteiger charge is 2.07. The molecule has 1 aromatic heterocycles. The van der Waals surface area contributed by atoms with E-state index in [2.05, 4.69) is 10.3 Å². The molecule has 0 radical (unpaired) electrons. The molecule has 2 N–H and O–H groups in total. The third-order valence-corrected chi connectivity index (χ3v) is 1.80. The van der Waals surface area contributed by atoms with Crippen LogP contribution in [0.25, 0.3) is 0 Å². The lowest BCUT2D eigenvalue weighted by Gasteiger charge is -2.03. The Bertz CT molecular complexity index is 332. The molecule has 0 fully saturated rings. The molecule has 1 aromatic rings. The fraction of sp³-hybridized carbons (Fsp3) is 0.375. The van der Waals surface area contributed by atoms with Crippen LogP contribution in [-0.2, 0) is 6.54 Å². The molecule has 4 heteroatoms. The molecule has 0 unspecified atom stereocenters. The van der Waals surface area contributed by atoms with Crippen LogP contribution in [0.15, 0.2) is 16.9 Å². The second kappa shape index (κ2) is 2.98. The topological polar surface area (TPSA) is 54.1 Å². The minimum Gasteiger partial charge on any atom is -0.477 e. The van der Waals surface area contributed by atoms with Crippen LogP contribution in [0.4, 0.5) is 0 Å². The van der Waals surface area contributed by atoms with Crippen molar-refractivity contribution in [3.8, 4) is 5.88 Å². The average Bonchev–Trinajstić information content (AvgIpc) is 2.28. The Hall–Kier alpha value is -1.29. The summed E-state index contributed by atoms with van der Waals surface area (Å²) in [5.41, 5.74) is 0.891. The molecule has 0 atom stereocenters. The van der Waals surface area contributed by atoms with E-state index in [1.54, 1.807) is 6.07 Å². The van der Waals surface area contributed by atoms with Gasteiger partial charge in [-0.3, -0.25) is 9.78 Å². The molecule has 0 saturated heterocycles. The van der Waals surface area contributed by atoms with Crippen LogP contribution in [-0.4, -0.2) is 18.1 Å². The largest absolute Gasteiger partial charge is 0.477 e. The smallest absolute Gasteiger partial charge is 0.250 e. The lowest BCUT2D eigenvalue weighted by molar-refractivity contribution is 0.313. The predicted molar refractivity (Wildman–Crippen MR) is 44.3 cm³/mol. The van der Waals surface area contributed by atoms with Gasteiger partial charge >= 0.3 is 0 Å². The summed E-state index contributed by atoms with van der Waals surface area (Å²) in [6.07, 6.45) is 0. The van der Waals surface area contributed by atoms with Gasteiger partial charge in [-0.1, -0.05) is 0 Å². The van der Waals surface area contributed by atoms with E-state index in [0.29, 0.717) is 12.5 Å². The first-order chi connectivity index (χ1) is 5.86. The summed E-state index contributed by atoms with van der Waals surface area (Å²) in [4.78, 5) is 13.5. The molecule has 0 aliphatic carbocycles.